The Morgan fingerprint density at radius 1 is 1.48 bits per heavy atom. The minimum Gasteiger partial charge on any atom is -0.479 e. The topological polar surface area (TPSA) is 58.9 Å². The van der Waals surface area contributed by atoms with Crippen molar-refractivity contribution in [3.8, 4) is 17.1 Å². The van der Waals surface area contributed by atoms with Gasteiger partial charge in [0.1, 0.15) is 5.69 Å². The Morgan fingerprint density at radius 2 is 2.29 bits per heavy atom. The van der Waals surface area contributed by atoms with Crippen molar-refractivity contribution in [1.82, 2.24) is 9.97 Å². The standard InChI is InChI=1S/C15H15ClN3OP/c1-20-15-14(11-3-2-4-12(16)6-11)19-13(8-18-15)5-10(7-17)9-21/h2-4,6-9,17H,5,21H2,1H3/b10-9-,17-7?. The zero-order valence-electron chi connectivity index (χ0n) is 11.5. The van der Waals surface area contributed by atoms with E-state index in [2.05, 4.69) is 19.2 Å². The Bertz CT molecular complexity index is 688. The van der Waals surface area contributed by atoms with Gasteiger partial charge in [-0.3, -0.25) is 0 Å². The van der Waals surface area contributed by atoms with Gasteiger partial charge in [0.15, 0.2) is 0 Å². The lowest BCUT2D eigenvalue weighted by atomic mass is 10.1. The molecule has 1 atom stereocenters. The summed E-state index contributed by atoms with van der Waals surface area (Å²) >= 11 is 6.03. The molecule has 6 heteroatoms. The molecule has 0 fully saturated rings. The van der Waals surface area contributed by atoms with E-state index in [0.717, 1.165) is 16.8 Å². The molecule has 2 rings (SSSR count). The molecule has 0 aliphatic rings. The van der Waals surface area contributed by atoms with E-state index in [1.165, 1.54) is 6.21 Å². The van der Waals surface area contributed by atoms with Crippen LogP contribution in [0.15, 0.2) is 41.9 Å². The highest BCUT2D eigenvalue weighted by Crippen LogP contribution is 2.28. The van der Waals surface area contributed by atoms with Crippen molar-refractivity contribution in [3.63, 3.8) is 0 Å². The average Bonchev–Trinajstić information content (AvgIpc) is 2.52. The molecule has 1 N–H and O–H groups in total. The number of ether oxygens (including phenoxy) is 1. The molecule has 1 aromatic carbocycles. The van der Waals surface area contributed by atoms with Crippen LogP contribution in [0.2, 0.25) is 5.02 Å². The SMILES string of the molecule is COc1ncc(C/C(C=N)=C/P)nc1-c1cccc(Cl)c1. The van der Waals surface area contributed by atoms with Gasteiger partial charge in [-0.2, -0.15) is 0 Å². The minimum atomic E-state index is 0.451. The average molecular weight is 320 g/mol. The molecule has 1 aromatic heterocycles. The molecule has 108 valence electrons. The maximum atomic E-state index is 7.34. The number of allylic oxidation sites excluding steroid dienone is 1. The molecular formula is C15H15ClN3OP. The van der Waals surface area contributed by atoms with E-state index in [1.807, 2.05) is 18.2 Å². The molecule has 1 heterocycles. The maximum absolute atomic E-state index is 7.34. The van der Waals surface area contributed by atoms with Crippen LogP contribution in [-0.4, -0.2) is 23.3 Å². The summed E-state index contributed by atoms with van der Waals surface area (Å²) in [5.74, 6) is 2.25. The number of aromatic nitrogens is 2. The minimum absolute atomic E-state index is 0.451. The molecule has 0 bridgehead atoms. The maximum Gasteiger partial charge on any atom is 0.240 e. The quantitative estimate of drug-likeness (QED) is 0.674. The molecule has 0 aliphatic heterocycles. The fraction of sp³-hybridized carbons (Fsp3) is 0.133. The highest BCUT2D eigenvalue weighted by Gasteiger charge is 2.11. The van der Waals surface area contributed by atoms with E-state index in [-0.39, 0.29) is 0 Å². The second-order valence-electron chi connectivity index (χ2n) is 4.29. The van der Waals surface area contributed by atoms with E-state index in [1.54, 1.807) is 25.2 Å². The summed E-state index contributed by atoms with van der Waals surface area (Å²) in [6.45, 7) is 0. The third-order valence-electron chi connectivity index (χ3n) is 2.86. The molecule has 21 heavy (non-hydrogen) atoms. The third-order valence-corrected chi connectivity index (χ3v) is 3.53. The second-order valence-corrected chi connectivity index (χ2v) is 5.06. The lowest BCUT2D eigenvalue weighted by Crippen LogP contribution is -2.01. The number of nitrogens with one attached hydrogen (secondary N) is 1. The normalized spacial score (nSPS) is 11.3. The van der Waals surface area contributed by atoms with Crippen molar-refractivity contribution in [3.05, 3.63) is 52.6 Å². The summed E-state index contributed by atoms with van der Waals surface area (Å²) in [4.78, 5) is 8.88. The second kappa shape index (κ2) is 7.30. The van der Waals surface area contributed by atoms with Gasteiger partial charge < -0.3 is 10.1 Å². The van der Waals surface area contributed by atoms with Crippen molar-refractivity contribution in [2.24, 2.45) is 0 Å². The molecule has 0 saturated carbocycles. The first-order chi connectivity index (χ1) is 10.2. The van der Waals surface area contributed by atoms with E-state index >= 15 is 0 Å². The zero-order valence-corrected chi connectivity index (χ0v) is 13.4. The van der Waals surface area contributed by atoms with E-state index in [0.29, 0.717) is 23.0 Å². The van der Waals surface area contributed by atoms with Gasteiger partial charge in [0.2, 0.25) is 5.88 Å². The first-order valence-electron chi connectivity index (χ1n) is 6.25. The summed E-state index contributed by atoms with van der Waals surface area (Å²) < 4.78 is 5.27. The molecule has 0 saturated heterocycles. The Hall–Kier alpha value is -1.77. The number of nitrogens with zero attached hydrogens (tertiary/aromatic N) is 2. The van der Waals surface area contributed by atoms with Gasteiger partial charge in [0.05, 0.1) is 19.0 Å². The molecule has 0 amide bonds. The van der Waals surface area contributed by atoms with E-state index in [9.17, 15) is 0 Å². The van der Waals surface area contributed by atoms with Gasteiger partial charge in [-0.1, -0.05) is 29.6 Å². The molecule has 2 aromatic rings. The van der Waals surface area contributed by atoms with Crippen LogP contribution in [0.3, 0.4) is 0 Å². The van der Waals surface area contributed by atoms with Gasteiger partial charge in [0, 0.05) is 23.2 Å². The van der Waals surface area contributed by atoms with Crippen molar-refractivity contribution in [2.75, 3.05) is 7.11 Å². The highest BCUT2D eigenvalue weighted by molar-refractivity contribution is 7.20. The molecule has 0 spiro atoms. The highest BCUT2D eigenvalue weighted by atomic mass is 35.5. The van der Waals surface area contributed by atoms with Gasteiger partial charge in [-0.25, -0.2) is 9.97 Å². The van der Waals surface area contributed by atoms with E-state index < -0.39 is 0 Å². The Morgan fingerprint density at radius 3 is 2.90 bits per heavy atom. The lowest BCUT2D eigenvalue weighted by Gasteiger charge is -2.09. The molecular weight excluding hydrogens is 305 g/mol. The third kappa shape index (κ3) is 3.87. The number of methoxy groups -OCH3 is 1. The molecule has 1 unspecified atom stereocenters. The van der Waals surface area contributed by atoms with Crippen LogP contribution in [-0.2, 0) is 6.42 Å². The fourth-order valence-electron chi connectivity index (χ4n) is 1.84. The summed E-state index contributed by atoms with van der Waals surface area (Å²) in [5, 5.41) is 7.97. The van der Waals surface area contributed by atoms with Gasteiger partial charge in [-0.05, 0) is 17.7 Å². The molecule has 4 nitrogen and oxygen atoms in total. The number of halogens is 1. The van der Waals surface area contributed by atoms with Crippen molar-refractivity contribution < 1.29 is 4.74 Å². The Kier molecular flexibility index (Phi) is 5.43. The fourth-order valence-corrected chi connectivity index (χ4v) is 2.24. The number of hydrogen-bond donors (Lipinski definition) is 1. The van der Waals surface area contributed by atoms with Crippen LogP contribution in [0.1, 0.15) is 5.69 Å². The van der Waals surface area contributed by atoms with Gasteiger partial charge >= 0.3 is 0 Å². The zero-order chi connectivity index (χ0) is 15.2. The predicted octanol–water partition coefficient (Wildman–Crippen LogP) is 3.76. The molecule has 0 aliphatic carbocycles. The monoisotopic (exact) mass is 319 g/mol. The molecule has 0 radical (unpaired) electrons. The van der Waals surface area contributed by atoms with Crippen molar-refractivity contribution in [2.45, 2.75) is 6.42 Å². The van der Waals surface area contributed by atoms with Crippen LogP contribution in [0, 0.1) is 5.41 Å². The van der Waals surface area contributed by atoms with Crippen LogP contribution < -0.4 is 4.74 Å². The predicted molar refractivity (Wildman–Crippen MR) is 89.3 cm³/mol. The van der Waals surface area contributed by atoms with Gasteiger partial charge in [-0.15, -0.1) is 9.24 Å². The number of benzene rings is 1. The van der Waals surface area contributed by atoms with Gasteiger partial charge in [0.25, 0.3) is 0 Å². The first-order valence-corrected chi connectivity index (χ1v) is 7.29. The van der Waals surface area contributed by atoms with Crippen LogP contribution in [0.25, 0.3) is 11.3 Å². The summed E-state index contributed by atoms with van der Waals surface area (Å²) in [6, 6.07) is 7.39. The van der Waals surface area contributed by atoms with Crippen LogP contribution in [0.4, 0.5) is 0 Å². The number of hydrogen-bond acceptors (Lipinski definition) is 4. The lowest BCUT2D eigenvalue weighted by molar-refractivity contribution is 0.397. The summed E-state index contributed by atoms with van der Waals surface area (Å²) in [5.41, 5.74) is 3.10. The van der Waals surface area contributed by atoms with Crippen molar-refractivity contribution >= 4 is 27.1 Å². The smallest absolute Gasteiger partial charge is 0.240 e. The Labute approximate surface area is 130 Å². The first kappa shape index (κ1) is 15.6. The van der Waals surface area contributed by atoms with Crippen LogP contribution >= 0.6 is 20.8 Å². The van der Waals surface area contributed by atoms with Crippen molar-refractivity contribution in [1.29, 1.82) is 5.41 Å². The Balaban J connectivity index is 2.46. The largest absolute Gasteiger partial charge is 0.479 e. The van der Waals surface area contributed by atoms with Crippen LogP contribution in [0.5, 0.6) is 5.88 Å². The summed E-state index contributed by atoms with van der Waals surface area (Å²) in [7, 11) is 4.05. The summed E-state index contributed by atoms with van der Waals surface area (Å²) in [6.07, 6.45) is 3.50. The van der Waals surface area contributed by atoms with E-state index in [4.69, 9.17) is 21.7 Å². The number of rotatable bonds is 5.